The fourth-order valence-electron chi connectivity index (χ4n) is 7.70. The molecule has 0 saturated heterocycles. The molecule has 4 rings (SSSR count). The first kappa shape index (κ1) is 23.2. The molecule has 8 atom stereocenters. The van der Waals surface area contributed by atoms with Crippen LogP contribution in [0.1, 0.15) is 58.8 Å². The third-order valence-corrected chi connectivity index (χ3v) is 11.0. The van der Waals surface area contributed by atoms with Gasteiger partial charge in [0.1, 0.15) is 0 Å². The summed E-state index contributed by atoms with van der Waals surface area (Å²) in [6.07, 6.45) is 11.0. The molecule has 0 aromatic rings. The Hall–Kier alpha value is 0.0538. The third-order valence-electron chi connectivity index (χ3n) is 8.98. The lowest BCUT2D eigenvalue weighted by molar-refractivity contribution is -0.0986. The molecule has 0 aromatic heterocycles. The highest BCUT2D eigenvalue weighted by molar-refractivity contribution is 6.70. The molecule has 0 radical (unpaired) electrons. The lowest BCUT2D eigenvalue weighted by atomic mass is 9.47. The number of aliphatic hydroxyl groups excluding tert-OH is 1. The van der Waals surface area contributed by atoms with Gasteiger partial charge in [-0.2, -0.15) is 0 Å². The topological polar surface area (TPSA) is 38.7 Å². The number of hydrogen-bond acceptors (Lipinski definition) is 3. The molecular formula is C25H46O3Si2. The van der Waals surface area contributed by atoms with E-state index < -0.39 is 16.6 Å². The average molecular weight is 451 g/mol. The van der Waals surface area contributed by atoms with Crippen LogP contribution in [0.3, 0.4) is 0 Å². The highest BCUT2D eigenvalue weighted by Gasteiger charge is 2.61. The van der Waals surface area contributed by atoms with Gasteiger partial charge in [0.25, 0.3) is 0 Å². The van der Waals surface area contributed by atoms with E-state index in [4.69, 9.17) is 8.85 Å². The third kappa shape index (κ3) is 4.07. The molecule has 30 heavy (non-hydrogen) atoms. The number of hydrogen-bond donors (Lipinski definition) is 1. The van der Waals surface area contributed by atoms with Gasteiger partial charge in [0, 0.05) is 0 Å². The van der Waals surface area contributed by atoms with E-state index >= 15 is 0 Å². The SMILES string of the molecule is C[C@]12CCC(O)CC1=CC(O[Si](C)(C)C)[C@@H]1[C@H]2CC[C@]2(C)C(O[Si](C)(C)C)CC[C@@H]12. The van der Waals surface area contributed by atoms with E-state index in [-0.39, 0.29) is 17.6 Å². The molecule has 172 valence electrons. The molecule has 4 aliphatic carbocycles. The Morgan fingerprint density at radius 1 is 0.867 bits per heavy atom. The van der Waals surface area contributed by atoms with Crippen molar-refractivity contribution in [2.45, 2.75) is 116 Å². The standard InChI is InChI=1S/C25H46O3Si2/c1-24-13-11-18(26)15-17(24)16-21(27-29(3,4)5)23-19-9-10-22(28-30(6,7)8)25(19,2)14-12-20(23)24/h16,18-23,26H,9-15H2,1-8H3/t18?,19-,20+,21?,22?,23-,24-,25-/m0/s1. The largest absolute Gasteiger partial charge is 0.414 e. The van der Waals surface area contributed by atoms with Gasteiger partial charge in [-0.25, -0.2) is 0 Å². The van der Waals surface area contributed by atoms with Crippen LogP contribution in [0, 0.1) is 28.6 Å². The van der Waals surface area contributed by atoms with Crippen molar-refractivity contribution in [3.63, 3.8) is 0 Å². The predicted octanol–water partition coefficient (Wildman–Crippen LogP) is 6.36. The maximum Gasteiger partial charge on any atom is 0.184 e. The van der Waals surface area contributed by atoms with Gasteiger partial charge in [-0.05, 0) is 113 Å². The highest BCUT2D eigenvalue weighted by Crippen LogP contribution is 2.65. The molecular weight excluding hydrogens is 404 g/mol. The van der Waals surface area contributed by atoms with Crippen LogP contribution in [-0.4, -0.2) is 40.1 Å². The van der Waals surface area contributed by atoms with Crippen LogP contribution in [0.2, 0.25) is 39.3 Å². The van der Waals surface area contributed by atoms with Crippen LogP contribution < -0.4 is 0 Å². The first-order chi connectivity index (χ1) is 13.7. The van der Waals surface area contributed by atoms with Crippen molar-refractivity contribution in [1.29, 1.82) is 0 Å². The number of fused-ring (bicyclic) bond motifs is 5. The smallest absolute Gasteiger partial charge is 0.184 e. The van der Waals surface area contributed by atoms with Gasteiger partial charge in [-0.3, -0.25) is 0 Å². The molecule has 0 bridgehead atoms. The Morgan fingerprint density at radius 2 is 1.53 bits per heavy atom. The zero-order valence-corrected chi connectivity index (χ0v) is 22.8. The molecule has 3 nitrogen and oxygen atoms in total. The average Bonchev–Trinajstić information content (AvgIpc) is 2.90. The van der Waals surface area contributed by atoms with E-state index in [2.05, 4.69) is 59.2 Å². The summed E-state index contributed by atoms with van der Waals surface area (Å²) in [5.74, 6) is 1.99. The van der Waals surface area contributed by atoms with Gasteiger partial charge in [-0.15, -0.1) is 0 Å². The van der Waals surface area contributed by atoms with E-state index in [0.29, 0.717) is 29.3 Å². The molecule has 3 saturated carbocycles. The molecule has 0 heterocycles. The summed E-state index contributed by atoms with van der Waals surface area (Å²) in [4.78, 5) is 0. The summed E-state index contributed by atoms with van der Waals surface area (Å²) in [5, 5.41) is 10.4. The van der Waals surface area contributed by atoms with Crippen LogP contribution in [0.5, 0.6) is 0 Å². The lowest BCUT2D eigenvalue weighted by Gasteiger charge is -2.60. The van der Waals surface area contributed by atoms with Crippen LogP contribution in [0.4, 0.5) is 0 Å². The molecule has 0 spiro atoms. The van der Waals surface area contributed by atoms with E-state index in [0.717, 1.165) is 19.3 Å². The zero-order chi connectivity index (χ0) is 22.1. The maximum absolute atomic E-state index is 10.4. The monoisotopic (exact) mass is 450 g/mol. The molecule has 3 unspecified atom stereocenters. The second-order valence-electron chi connectivity index (χ2n) is 13.3. The highest BCUT2D eigenvalue weighted by atomic mass is 28.4. The summed E-state index contributed by atoms with van der Waals surface area (Å²) in [7, 11) is -3.23. The Kier molecular flexibility index (Phi) is 5.84. The van der Waals surface area contributed by atoms with Crippen LogP contribution in [0.15, 0.2) is 11.6 Å². The molecule has 0 aliphatic heterocycles. The van der Waals surface area contributed by atoms with Crippen molar-refractivity contribution in [2.75, 3.05) is 0 Å². The quantitative estimate of drug-likeness (QED) is 0.400. The normalized spacial score (nSPS) is 46.6. The van der Waals surface area contributed by atoms with E-state index in [9.17, 15) is 5.11 Å². The van der Waals surface area contributed by atoms with Crippen molar-refractivity contribution in [3.8, 4) is 0 Å². The molecule has 5 heteroatoms. The van der Waals surface area contributed by atoms with Gasteiger partial charge in [0.15, 0.2) is 16.6 Å². The number of rotatable bonds is 4. The molecule has 4 aliphatic rings. The molecule has 1 N–H and O–H groups in total. The summed E-state index contributed by atoms with van der Waals surface area (Å²) in [6.45, 7) is 19.1. The van der Waals surface area contributed by atoms with Gasteiger partial charge < -0.3 is 14.0 Å². The van der Waals surface area contributed by atoms with Crippen LogP contribution >= 0.6 is 0 Å². The van der Waals surface area contributed by atoms with E-state index in [1.54, 1.807) is 0 Å². The van der Waals surface area contributed by atoms with E-state index in [1.165, 1.54) is 31.3 Å². The second-order valence-corrected chi connectivity index (χ2v) is 22.3. The number of aliphatic hydroxyl groups is 1. The van der Waals surface area contributed by atoms with Crippen LogP contribution in [0.25, 0.3) is 0 Å². The Bertz CT molecular complexity index is 693. The summed E-state index contributed by atoms with van der Waals surface area (Å²) < 4.78 is 13.7. The van der Waals surface area contributed by atoms with Gasteiger partial charge >= 0.3 is 0 Å². The summed E-state index contributed by atoms with van der Waals surface area (Å²) in [5.41, 5.74) is 2.04. The predicted molar refractivity (Wildman–Crippen MR) is 130 cm³/mol. The maximum atomic E-state index is 10.4. The Morgan fingerprint density at radius 3 is 2.17 bits per heavy atom. The van der Waals surface area contributed by atoms with Crippen LogP contribution in [-0.2, 0) is 8.85 Å². The second kappa shape index (κ2) is 7.54. The van der Waals surface area contributed by atoms with Gasteiger partial charge in [-0.1, -0.05) is 25.5 Å². The minimum Gasteiger partial charge on any atom is -0.414 e. The van der Waals surface area contributed by atoms with E-state index in [1.807, 2.05) is 0 Å². The first-order valence-electron chi connectivity index (χ1n) is 12.5. The Balaban J connectivity index is 1.71. The van der Waals surface area contributed by atoms with Crippen molar-refractivity contribution in [2.24, 2.45) is 28.6 Å². The minimum absolute atomic E-state index is 0.164. The van der Waals surface area contributed by atoms with Gasteiger partial charge in [0.05, 0.1) is 18.3 Å². The lowest BCUT2D eigenvalue weighted by Crippen LogP contribution is -2.57. The molecule has 3 fully saturated rings. The summed E-state index contributed by atoms with van der Waals surface area (Å²) >= 11 is 0. The van der Waals surface area contributed by atoms with Crippen molar-refractivity contribution in [1.82, 2.24) is 0 Å². The Labute approximate surface area is 187 Å². The summed E-state index contributed by atoms with van der Waals surface area (Å²) in [6, 6.07) is 0. The molecule has 0 amide bonds. The first-order valence-corrected chi connectivity index (χ1v) is 19.3. The fraction of sp³-hybridized carbons (Fsp3) is 0.920. The van der Waals surface area contributed by atoms with Crippen molar-refractivity contribution >= 4 is 16.6 Å². The fourth-order valence-corrected chi connectivity index (χ4v) is 9.98. The minimum atomic E-state index is -1.67. The zero-order valence-electron chi connectivity index (χ0n) is 20.8. The molecule has 0 aromatic carbocycles. The van der Waals surface area contributed by atoms with Crippen molar-refractivity contribution in [3.05, 3.63) is 11.6 Å². The van der Waals surface area contributed by atoms with Crippen molar-refractivity contribution < 1.29 is 14.0 Å². The van der Waals surface area contributed by atoms with Gasteiger partial charge in [0.2, 0.25) is 0 Å².